The van der Waals surface area contributed by atoms with E-state index >= 15 is 0 Å². The minimum Gasteiger partial charge on any atom is -0.390 e. The van der Waals surface area contributed by atoms with Crippen molar-refractivity contribution in [2.24, 2.45) is 22.7 Å². The van der Waals surface area contributed by atoms with Gasteiger partial charge in [0.15, 0.2) is 0 Å². The second-order valence-electron chi connectivity index (χ2n) is 9.55. The Hall–Kier alpha value is 0.660. The van der Waals surface area contributed by atoms with Crippen molar-refractivity contribution in [2.45, 2.75) is 87.9 Å². The van der Waals surface area contributed by atoms with E-state index in [-0.39, 0.29) is 5.41 Å². The van der Waals surface area contributed by atoms with E-state index in [1.807, 2.05) is 0 Å². The molecular weight excluding hydrogens is 416 g/mol. The number of allylic oxidation sites excluding steroid dienone is 2. The lowest BCUT2D eigenvalue weighted by Gasteiger charge is -2.50. The number of fused-ring (bicyclic) bond motifs is 1. The summed E-state index contributed by atoms with van der Waals surface area (Å²) >= 11 is 7.81. The lowest BCUT2D eigenvalue weighted by molar-refractivity contribution is -0.0866. The summed E-state index contributed by atoms with van der Waals surface area (Å²) in [5.41, 5.74) is 1.71. The van der Waals surface area contributed by atoms with E-state index < -0.39 is 5.60 Å². The van der Waals surface area contributed by atoms with Crippen LogP contribution in [0.5, 0.6) is 0 Å². The fraction of sp³-hybridized carbons (Fsp3) is 0.900. The van der Waals surface area contributed by atoms with Crippen LogP contribution in [0.2, 0.25) is 0 Å². The number of rotatable bonds is 1. The maximum absolute atomic E-state index is 11.1. The number of hydrogen-bond donors (Lipinski definition) is 1. The predicted molar refractivity (Wildman–Crippen MR) is 105 cm³/mol. The maximum atomic E-state index is 11.1. The first kappa shape index (κ1) is 18.5. The molecule has 0 aromatic heterocycles. The molecule has 3 aliphatic carbocycles. The zero-order chi connectivity index (χ0) is 17.0. The average Bonchev–Trinajstić information content (AvgIpc) is 2.78. The van der Waals surface area contributed by atoms with Gasteiger partial charge in [-0.25, -0.2) is 0 Å². The minimum atomic E-state index is -0.514. The summed E-state index contributed by atoms with van der Waals surface area (Å²) in [6.45, 7) is 9.25. The molecule has 3 aliphatic rings. The molecule has 0 aliphatic heterocycles. The summed E-state index contributed by atoms with van der Waals surface area (Å²) in [7, 11) is 0. The van der Waals surface area contributed by atoms with Crippen LogP contribution in [0.15, 0.2) is 11.6 Å². The topological polar surface area (TPSA) is 20.2 Å². The third-order valence-corrected chi connectivity index (χ3v) is 10.3. The first-order valence-corrected chi connectivity index (χ1v) is 11.1. The normalized spacial score (nSPS) is 51.7. The molecule has 6 atom stereocenters. The van der Waals surface area contributed by atoms with Crippen molar-refractivity contribution in [3.63, 3.8) is 0 Å². The minimum absolute atomic E-state index is 0.242. The summed E-state index contributed by atoms with van der Waals surface area (Å²) in [6.07, 6.45) is 10.7. The molecule has 23 heavy (non-hydrogen) atoms. The fourth-order valence-corrected chi connectivity index (χ4v) is 6.96. The van der Waals surface area contributed by atoms with Crippen molar-refractivity contribution >= 4 is 31.9 Å². The van der Waals surface area contributed by atoms with Gasteiger partial charge in [-0.3, -0.25) is 0 Å². The molecular formula is C20H32Br2O. The SMILES string of the molecule is CC1(C)C/C(=C/[C@@H]2CC[C@]3(C)[C@@H](Br)CC[C@@](C)(O)[C@@H]23)CC[C@@H]1Br. The van der Waals surface area contributed by atoms with Gasteiger partial charge in [-0.1, -0.05) is 64.3 Å². The highest BCUT2D eigenvalue weighted by atomic mass is 79.9. The predicted octanol–water partition coefficient (Wildman–Crippen LogP) is 6.23. The van der Waals surface area contributed by atoms with Crippen molar-refractivity contribution in [1.82, 2.24) is 0 Å². The van der Waals surface area contributed by atoms with E-state index in [1.54, 1.807) is 5.57 Å². The highest BCUT2D eigenvalue weighted by molar-refractivity contribution is 9.09. The molecule has 0 amide bonds. The van der Waals surface area contributed by atoms with Crippen LogP contribution in [-0.4, -0.2) is 20.4 Å². The standard InChI is InChI=1S/C20H32Br2O/c1-18(2)12-13(5-6-15(18)21)11-14-7-9-19(3)16(22)8-10-20(4,23)17(14)19/h11,14-17,23H,5-10,12H2,1-4H3/b13-11+/t14-,15-,16-,17-,19+,20+/m0/s1. The van der Waals surface area contributed by atoms with Gasteiger partial charge in [0.05, 0.1) is 5.60 Å². The zero-order valence-electron chi connectivity index (χ0n) is 15.0. The second-order valence-corrected chi connectivity index (χ2v) is 11.8. The van der Waals surface area contributed by atoms with Crippen molar-refractivity contribution in [3.8, 4) is 0 Å². The van der Waals surface area contributed by atoms with Gasteiger partial charge in [-0.15, -0.1) is 0 Å². The Kier molecular flexibility index (Phi) is 4.91. The van der Waals surface area contributed by atoms with Crippen LogP contribution in [0.4, 0.5) is 0 Å². The molecule has 0 unspecified atom stereocenters. The highest BCUT2D eigenvalue weighted by Gasteiger charge is 2.58. The molecule has 0 aromatic carbocycles. The van der Waals surface area contributed by atoms with E-state index in [9.17, 15) is 5.11 Å². The maximum Gasteiger partial charge on any atom is 0.0659 e. The summed E-state index contributed by atoms with van der Waals surface area (Å²) < 4.78 is 0. The summed E-state index contributed by atoms with van der Waals surface area (Å²) in [5.74, 6) is 0.943. The van der Waals surface area contributed by atoms with Gasteiger partial charge in [0.2, 0.25) is 0 Å². The Morgan fingerprint density at radius 2 is 1.70 bits per heavy atom. The van der Waals surface area contributed by atoms with Crippen LogP contribution in [0, 0.1) is 22.7 Å². The van der Waals surface area contributed by atoms with E-state index in [2.05, 4.69) is 65.6 Å². The summed E-state index contributed by atoms with van der Waals surface area (Å²) in [4.78, 5) is 1.18. The molecule has 0 heterocycles. The molecule has 1 nitrogen and oxygen atoms in total. The molecule has 0 radical (unpaired) electrons. The quantitative estimate of drug-likeness (QED) is 0.373. The first-order chi connectivity index (χ1) is 10.6. The van der Waals surface area contributed by atoms with Gasteiger partial charge in [0.1, 0.15) is 0 Å². The summed E-state index contributed by atoms with van der Waals surface area (Å²) in [6, 6.07) is 0. The zero-order valence-corrected chi connectivity index (χ0v) is 18.2. The third kappa shape index (κ3) is 3.24. The average molecular weight is 448 g/mol. The fourth-order valence-electron chi connectivity index (χ4n) is 5.83. The van der Waals surface area contributed by atoms with Crippen molar-refractivity contribution in [2.75, 3.05) is 0 Å². The van der Waals surface area contributed by atoms with Crippen molar-refractivity contribution in [3.05, 3.63) is 11.6 Å². The Morgan fingerprint density at radius 1 is 1.00 bits per heavy atom. The van der Waals surface area contributed by atoms with Gasteiger partial charge >= 0.3 is 0 Å². The molecule has 0 aromatic rings. The van der Waals surface area contributed by atoms with E-state index in [0.717, 1.165) is 12.8 Å². The van der Waals surface area contributed by atoms with Crippen LogP contribution in [0.1, 0.15) is 72.6 Å². The Labute approximate surface area is 158 Å². The van der Waals surface area contributed by atoms with E-state index in [0.29, 0.717) is 26.9 Å². The van der Waals surface area contributed by atoms with Crippen LogP contribution in [0.3, 0.4) is 0 Å². The number of alkyl halides is 2. The number of hydrogen-bond acceptors (Lipinski definition) is 1. The van der Waals surface area contributed by atoms with E-state index in [1.165, 1.54) is 32.1 Å². The molecule has 132 valence electrons. The number of aliphatic hydroxyl groups is 1. The molecule has 3 saturated carbocycles. The molecule has 1 N–H and O–H groups in total. The molecule has 3 rings (SSSR count). The molecule has 3 fully saturated rings. The first-order valence-electron chi connectivity index (χ1n) is 9.26. The Balaban J connectivity index is 1.85. The number of halogens is 2. The van der Waals surface area contributed by atoms with Gasteiger partial charge in [-0.2, -0.15) is 0 Å². The van der Waals surface area contributed by atoms with Gasteiger partial charge in [0.25, 0.3) is 0 Å². The second kappa shape index (κ2) is 6.13. The van der Waals surface area contributed by atoms with Crippen LogP contribution in [0.25, 0.3) is 0 Å². The van der Waals surface area contributed by atoms with Crippen molar-refractivity contribution < 1.29 is 5.11 Å². The lowest BCUT2D eigenvalue weighted by Crippen LogP contribution is -2.52. The third-order valence-electron chi connectivity index (χ3n) is 7.14. The largest absolute Gasteiger partial charge is 0.390 e. The highest BCUT2D eigenvalue weighted by Crippen LogP contribution is 2.61. The smallest absolute Gasteiger partial charge is 0.0659 e. The van der Waals surface area contributed by atoms with Crippen LogP contribution in [-0.2, 0) is 0 Å². The Morgan fingerprint density at radius 3 is 2.35 bits per heavy atom. The molecule has 0 saturated heterocycles. The lowest BCUT2D eigenvalue weighted by atomic mass is 9.60. The summed E-state index contributed by atoms with van der Waals surface area (Å²) in [5, 5.41) is 11.1. The Bertz CT molecular complexity index is 496. The van der Waals surface area contributed by atoms with Crippen molar-refractivity contribution in [1.29, 1.82) is 0 Å². The monoisotopic (exact) mass is 446 g/mol. The van der Waals surface area contributed by atoms with Gasteiger partial charge in [0, 0.05) is 15.6 Å². The van der Waals surface area contributed by atoms with Crippen LogP contribution >= 0.6 is 31.9 Å². The van der Waals surface area contributed by atoms with E-state index in [4.69, 9.17) is 0 Å². The van der Waals surface area contributed by atoms with Gasteiger partial charge < -0.3 is 5.11 Å². The molecule has 0 bridgehead atoms. The molecule has 0 spiro atoms. The van der Waals surface area contributed by atoms with Gasteiger partial charge in [-0.05, 0) is 68.6 Å². The molecule has 3 heteroatoms. The van der Waals surface area contributed by atoms with Crippen LogP contribution < -0.4 is 0 Å².